The fourth-order valence-corrected chi connectivity index (χ4v) is 5.74. The minimum Gasteiger partial charge on any atom is -0.317 e. The van der Waals surface area contributed by atoms with Crippen LogP contribution >= 0.6 is 0 Å². The number of nitrogens with zero attached hydrogens (tertiary/aromatic N) is 1. The topological polar surface area (TPSA) is 15.3 Å². The first-order valence-corrected chi connectivity index (χ1v) is 18.3. The quantitative estimate of drug-likeness (QED) is 0.0822. The van der Waals surface area contributed by atoms with Gasteiger partial charge in [0.1, 0.15) is 0 Å². The molecule has 0 aliphatic rings. The highest BCUT2D eigenvalue weighted by molar-refractivity contribution is 4.62. The fraction of sp³-hybridized carbons (Fsp3) is 1.00. The summed E-state index contributed by atoms with van der Waals surface area (Å²) in [5.41, 5.74) is 0. The maximum atomic E-state index is 3.74. The molecule has 0 saturated carbocycles. The number of hydrogen-bond acceptors (Lipinski definition) is 2. The Morgan fingerprint density at radius 2 is 0.553 bits per heavy atom. The summed E-state index contributed by atoms with van der Waals surface area (Å²) in [6.45, 7) is 13.4. The van der Waals surface area contributed by atoms with Gasteiger partial charge in [0.2, 0.25) is 0 Å². The highest BCUT2D eigenvalue weighted by Crippen LogP contribution is 2.13. The van der Waals surface area contributed by atoms with Crippen LogP contribution in [0.5, 0.6) is 0 Å². The zero-order valence-electron chi connectivity index (χ0n) is 27.3. The smallest absolute Gasteiger partial charge is 0.000664 e. The monoisotopic (exact) mass is 537 g/mol. The van der Waals surface area contributed by atoms with Crippen molar-refractivity contribution in [2.24, 2.45) is 0 Å². The van der Waals surface area contributed by atoms with Crippen molar-refractivity contribution >= 4 is 0 Å². The van der Waals surface area contributed by atoms with Crippen LogP contribution in [0.3, 0.4) is 0 Å². The molecule has 230 valence electrons. The summed E-state index contributed by atoms with van der Waals surface area (Å²) >= 11 is 0. The highest BCUT2D eigenvalue weighted by Gasteiger charge is 2.05. The van der Waals surface area contributed by atoms with Crippen LogP contribution in [0, 0.1) is 0 Å². The van der Waals surface area contributed by atoms with E-state index in [4.69, 9.17) is 0 Å². The normalized spacial score (nSPS) is 11.7. The predicted molar refractivity (Wildman–Crippen MR) is 176 cm³/mol. The zero-order chi connectivity index (χ0) is 27.6. The maximum Gasteiger partial charge on any atom is -0.000664 e. The molecule has 0 aliphatic carbocycles. The fourth-order valence-electron chi connectivity index (χ4n) is 5.74. The van der Waals surface area contributed by atoms with E-state index >= 15 is 0 Å². The molecule has 0 aromatic heterocycles. The molecule has 38 heavy (non-hydrogen) atoms. The second kappa shape index (κ2) is 34.9. The highest BCUT2D eigenvalue weighted by atomic mass is 15.1. The molecule has 0 aromatic carbocycles. The van der Waals surface area contributed by atoms with E-state index < -0.39 is 0 Å². The second-order valence-corrected chi connectivity index (χ2v) is 12.4. The lowest BCUT2D eigenvalue weighted by atomic mass is 10.1. The van der Waals surface area contributed by atoms with E-state index in [9.17, 15) is 0 Å². The first-order chi connectivity index (χ1) is 18.8. The van der Waals surface area contributed by atoms with E-state index in [1.807, 2.05) is 0 Å². The SMILES string of the molecule is CCCCCCCCCCCNCCCN(CCCCCCCCCCC)CCCCCCCCCCC. The van der Waals surface area contributed by atoms with Crippen molar-refractivity contribution in [3.63, 3.8) is 0 Å². The molecule has 0 aliphatic heterocycles. The van der Waals surface area contributed by atoms with Gasteiger partial charge in [-0.15, -0.1) is 0 Å². The zero-order valence-corrected chi connectivity index (χ0v) is 27.3. The van der Waals surface area contributed by atoms with Gasteiger partial charge in [-0.3, -0.25) is 0 Å². The van der Waals surface area contributed by atoms with Crippen LogP contribution in [0.1, 0.15) is 201 Å². The molecule has 0 radical (unpaired) electrons. The van der Waals surface area contributed by atoms with E-state index in [-0.39, 0.29) is 0 Å². The average Bonchev–Trinajstić information content (AvgIpc) is 2.93. The first kappa shape index (κ1) is 37.9. The third kappa shape index (κ3) is 32.1. The maximum absolute atomic E-state index is 3.74. The van der Waals surface area contributed by atoms with Gasteiger partial charge in [-0.25, -0.2) is 0 Å². The van der Waals surface area contributed by atoms with Crippen molar-refractivity contribution in [2.45, 2.75) is 201 Å². The Kier molecular flexibility index (Phi) is 34.9. The van der Waals surface area contributed by atoms with E-state index in [0.29, 0.717) is 0 Å². The van der Waals surface area contributed by atoms with Crippen LogP contribution in [0.4, 0.5) is 0 Å². The second-order valence-electron chi connectivity index (χ2n) is 12.4. The van der Waals surface area contributed by atoms with E-state index in [0.717, 1.165) is 0 Å². The lowest BCUT2D eigenvalue weighted by Crippen LogP contribution is -2.30. The molecule has 0 saturated heterocycles. The van der Waals surface area contributed by atoms with Crippen molar-refractivity contribution in [3.05, 3.63) is 0 Å². The minimum atomic E-state index is 1.21. The third-order valence-corrected chi connectivity index (χ3v) is 8.44. The molecule has 0 unspecified atom stereocenters. The Bertz CT molecular complexity index is 375. The standard InChI is InChI=1S/C36H76N2/c1-4-7-10-13-16-19-22-25-28-32-37-33-31-36-38(34-29-26-23-20-17-14-11-8-5-2)35-30-27-24-21-18-15-12-9-6-3/h37H,4-36H2,1-3H3. The third-order valence-electron chi connectivity index (χ3n) is 8.44. The molecule has 0 amide bonds. The Balaban J connectivity index is 3.84. The number of nitrogens with one attached hydrogen (secondary N) is 1. The largest absolute Gasteiger partial charge is 0.317 e. The molecule has 0 aromatic rings. The van der Waals surface area contributed by atoms with Crippen molar-refractivity contribution in [1.29, 1.82) is 0 Å². The van der Waals surface area contributed by atoms with Gasteiger partial charge < -0.3 is 10.2 Å². The molecule has 0 fully saturated rings. The predicted octanol–water partition coefficient (Wildman–Crippen LogP) is 11.9. The summed E-state index contributed by atoms with van der Waals surface area (Å²) in [5, 5.41) is 3.74. The summed E-state index contributed by atoms with van der Waals surface area (Å²) in [4.78, 5) is 2.81. The van der Waals surface area contributed by atoms with E-state index in [2.05, 4.69) is 31.0 Å². The van der Waals surface area contributed by atoms with Crippen molar-refractivity contribution in [2.75, 3.05) is 32.7 Å². The molecule has 2 nitrogen and oxygen atoms in total. The summed E-state index contributed by atoms with van der Waals surface area (Å²) in [6, 6.07) is 0. The Hall–Kier alpha value is -0.0800. The summed E-state index contributed by atoms with van der Waals surface area (Å²) < 4.78 is 0. The van der Waals surface area contributed by atoms with Gasteiger partial charge in [0.05, 0.1) is 0 Å². The Morgan fingerprint density at radius 1 is 0.289 bits per heavy atom. The number of rotatable bonds is 34. The summed E-state index contributed by atoms with van der Waals surface area (Å²) in [5.74, 6) is 0. The summed E-state index contributed by atoms with van der Waals surface area (Å²) in [6.07, 6.45) is 40.1. The van der Waals surface area contributed by atoms with Crippen LogP contribution in [0.15, 0.2) is 0 Å². The van der Waals surface area contributed by atoms with Crippen LogP contribution < -0.4 is 5.32 Å². The van der Waals surface area contributed by atoms with Gasteiger partial charge in [0.15, 0.2) is 0 Å². The molecular weight excluding hydrogens is 460 g/mol. The van der Waals surface area contributed by atoms with Crippen molar-refractivity contribution < 1.29 is 0 Å². The molecule has 0 bridgehead atoms. The van der Waals surface area contributed by atoms with Crippen LogP contribution in [0.2, 0.25) is 0 Å². The molecule has 1 N–H and O–H groups in total. The Labute approximate surface area is 243 Å². The van der Waals surface area contributed by atoms with Gasteiger partial charge in [0.25, 0.3) is 0 Å². The lowest BCUT2D eigenvalue weighted by Gasteiger charge is -2.22. The van der Waals surface area contributed by atoms with Crippen LogP contribution in [-0.4, -0.2) is 37.6 Å². The molecule has 0 spiro atoms. The molecular formula is C36H76N2. The molecule has 0 rings (SSSR count). The van der Waals surface area contributed by atoms with Gasteiger partial charge in [-0.1, -0.05) is 175 Å². The van der Waals surface area contributed by atoms with Crippen molar-refractivity contribution in [1.82, 2.24) is 10.2 Å². The average molecular weight is 537 g/mol. The number of hydrogen-bond donors (Lipinski definition) is 1. The van der Waals surface area contributed by atoms with E-state index in [1.54, 1.807) is 0 Å². The van der Waals surface area contributed by atoms with Gasteiger partial charge in [-0.2, -0.15) is 0 Å². The molecule has 2 heteroatoms. The van der Waals surface area contributed by atoms with Crippen molar-refractivity contribution in [3.8, 4) is 0 Å². The molecule has 0 atom stereocenters. The van der Waals surface area contributed by atoms with Gasteiger partial charge >= 0.3 is 0 Å². The summed E-state index contributed by atoms with van der Waals surface area (Å²) in [7, 11) is 0. The first-order valence-electron chi connectivity index (χ1n) is 18.3. The number of unbranched alkanes of at least 4 members (excludes halogenated alkanes) is 24. The van der Waals surface area contributed by atoms with Crippen LogP contribution in [-0.2, 0) is 0 Å². The van der Waals surface area contributed by atoms with Crippen LogP contribution in [0.25, 0.3) is 0 Å². The van der Waals surface area contributed by atoms with E-state index in [1.165, 1.54) is 213 Å². The Morgan fingerprint density at radius 3 is 0.921 bits per heavy atom. The van der Waals surface area contributed by atoms with Gasteiger partial charge in [-0.05, 0) is 58.4 Å². The van der Waals surface area contributed by atoms with Gasteiger partial charge in [0, 0.05) is 0 Å². The lowest BCUT2D eigenvalue weighted by molar-refractivity contribution is 0.256. The minimum absolute atomic E-state index is 1.21. The molecule has 0 heterocycles.